The van der Waals surface area contributed by atoms with Gasteiger partial charge >= 0.3 is 0 Å². The van der Waals surface area contributed by atoms with E-state index in [9.17, 15) is 4.79 Å². The van der Waals surface area contributed by atoms with Crippen molar-refractivity contribution < 1.29 is 13.9 Å². The Morgan fingerprint density at radius 1 is 1.09 bits per heavy atom. The number of hydrogen-bond acceptors (Lipinski definition) is 4. The predicted molar refractivity (Wildman–Crippen MR) is 129 cm³/mol. The van der Waals surface area contributed by atoms with Crippen molar-refractivity contribution in [3.8, 4) is 5.75 Å². The normalized spacial score (nSPS) is 41.5. The Labute approximate surface area is 201 Å². The predicted octanol–water partition coefficient (Wildman–Crippen LogP) is 6.01. The number of benzene rings is 1. The molecule has 1 aromatic heterocycles. The quantitative estimate of drug-likeness (QED) is 0.553. The standard InChI is InChI=1S/C28H38FN3O2/c1-17-10-13-28(29)18(14-17)4-6-20-21-7-8-23(27(21,2)12-11-22(20)28)26(33)16-32-30-24-9-5-19(34-3)15-25(24)31-32/h5,9,15,17-18,20-23H,4,6-8,10-14,16H2,1-3H3/t17-,18+,20-,21-,22-,23+,27-,28+/m0/s1. The Hall–Kier alpha value is -1.98. The van der Waals surface area contributed by atoms with Gasteiger partial charge in [0, 0.05) is 12.0 Å². The largest absolute Gasteiger partial charge is 0.497 e. The van der Waals surface area contributed by atoms with Crippen LogP contribution in [-0.2, 0) is 11.3 Å². The minimum atomic E-state index is -0.959. The molecule has 2 aromatic rings. The molecule has 4 aliphatic rings. The van der Waals surface area contributed by atoms with Crippen molar-refractivity contribution in [1.29, 1.82) is 0 Å². The van der Waals surface area contributed by atoms with Gasteiger partial charge in [-0.3, -0.25) is 4.79 Å². The molecule has 0 N–H and O–H groups in total. The molecule has 4 saturated carbocycles. The topological polar surface area (TPSA) is 57.0 Å². The summed E-state index contributed by atoms with van der Waals surface area (Å²) < 4.78 is 21.8. The van der Waals surface area contributed by atoms with Crippen LogP contribution >= 0.6 is 0 Å². The van der Waals surface area contributed by atoms with Gasteiger partial charge in [-0.1, -0.05) is 13.8 Å². The number of rotatable bonds is 4. The van der Waals surface area contributed by atoms with Crippen LogP contribution in [0.3, 0.4) is 0 Å². The second-order valence-electron chi connectivity index (χ2n) is 12.2. The van der Waals surface area contributed by atoms with Crippen molar-refractivity contribution in [2.75, 3.05) is 7.11 Å². The lowest BCUT2D eigenvalue weighted by atomic mass is 9.48. The average molecular weight is 468 g/mol. The molecule has 0 radical (unpaired) electrons. The smallest absolute Gasteiger partial charge is 0.159 e. The van der Waals surface area contributed by atoms with Crippen LogP contribution in [0.4, 0.5) is 4.39 Å². The third-order valence-electron chi connectivity index (χ3n) is 10.6. The average Bonchev–Trinajstić information content (AvgIpc) is 3.38. The van der Waals surface area contributed by atoms with Crippen molar-refractivity contribution in [1.82, 2.24) is 15.0 Å². The summed E-state index contributed by atoms with van der Waals surface area (Å²) in [6.07, 6.45) is 8.99. The monoisotopic (exact) mass is 467 g/mol. The molecule has 4 aliphatic carbocycles. The maximum Gasteiger partial charge on any atom is 0.159 e. The van der Waals surface area contributed by atoms with Crippen LogP contribution in [0.15, 0.2) is 18.2 Å². The molecular weight excluding hydrogens is 429 g/mol. The first-order chi connectivity index (χ1) is 16.3. The SMILES string of the molecule is COc1ccc2nn(CC(=O)[C@H]3CC[C@H]4[C@@H]5CC[C@@H]6C[C@@H](C)CC[C@]6(F)[C@H]5CC[C@]34C)nc2c1. The molecule has 184 valence electrons. The molecule has 0 amide bonds. The lowest BCUT2D eigenvalue weighted by Gasteiger charge is -2.58. The molecule has 5 nitrogen and oxygen atoms in total. The maximum atomic E-state index is 16.5. The minimum absolute atomic E-state index is 0.0147. The summed E-state index contributed by atoms with van der Waals surface area (Å²) in [6.45, 7) is 4.84. The van der Waals surface area contributed by atoms with E-state index in [-0.39, 0.29) is 35.5 Å². The molecule has 34 heavy (non-hydrogen) atoms. The molecule has 1 aromatic carbocycles. The van der Waals surface area contributed by atoms with Gasteiger partial charge in [0.1, 0.15) is 29.0 Å². The number of ketones is 1. The highest BCUT2D eigenvalue weighted by molar-refractivity contribution is 5.82. The molecular formula is C28H38FN3O2. The fraction of sp³-hybridized carbons (Fsp3) is 0.750. The number of nitrogens with zero attached hydrogens (tertiary/aromatic N) is 3. The Morgan fingerprint density at radius 2 is 1.91 bits per heavy atom. The fourth-order valence-electron chi connectivity index (χ4n) is 8.91. The van der Waals surface area contributed by atoms with Gasteiger partial charge in [0.05, 0.1) is 7.11 Å². The van der Waals surface area contributed by atoms with E-state index in [1.807, 2.05) is 18.2 Å². The van der Waals surface area contributed by atoms with Crippen molar-refractivity contribution >= 4 is 16.8 Å². The lowest BCUT2D eigenvalue weighted by Crippen LogP contribution is -2.56. The Balaban J connectivity index is 1.20. The number of alkyl halides is 1. The van der Waals surface area contributed by atoms with Crippen LogP contribution in [-0.4, -0.2) is 33.6 Å². The highest BCUT2D eigenvalue weighted by Crippen LogP contribution is 2.66. The van der Waals surface area contributed by atoms with Crippen molar-refractivity contribution in [2.24, 2.45) is 40.9 Å². The van der Waals surface area contributed by atoms with Gasteiger partial charge in [-0.05, 0) is 105 Å². The van der Waals surface area contributed by atoms with E-state index in [1.165, 1.54) is 0 Å². The Kier molecular flexibility index (Phi) is 5.31. The number of ether oxygens (including phenoxy) is 1. The summed E-state index contributed by atoms with van der Waals surface area (Å²) >= 11 is 0. The lowest BCUT2D eigenvalue weighted by molar-refractivity contribution is -0.146. The van der Waals surface area contributed by atoms with Gasteiger partial charge in [0.15, 0.2) is 5.78 Å². The maximum absolute atomic E-state index is 16.5. The van der Waals surface area contributed by atoms with E-state index >= 15 is 4.39 Å². The highest BCUT2D eigenvalue weighted by Gasteiger charge is 2.62. The van der Waals surface area contributed by atoms with Crippen LogP contribution in [0.25, 0.3) is 11.0 Å². The van der Waals surface area contributed by atoms with Gasteiger partial charge in [0.2, 0.25) is 0 Å². The number of carbonyl (C=O) groups is 1. The molecule has 6 heteroatoms. The molecule has 0 unspecified atom stereocenters. The third-order valence-corrected chi connectivity index (χ3v) is 10.6. The molecule has 8 atom stereocenters. The van der Waals surface area contributed by atoms with E-state index < -0.39 is 5.67 Å². The molecule has 6 rings (SSSR count). The van der Waals surface area contributed by atoms with Gasteiger partial charge < -0.3 is 4.74 Å². The van der Waals surface area contributed by atoms with Gasteiger partial charge in [-0.15, -0.1) is 0 Å². The van der Waals surface area contributed by atoms with E-state index in [0.717, 1.165) is 74.6 Å². The number of methoxy groups -OCH3 is 1. The van der Waals surface area contributed by atoms with Crippen LogP contribution in [0.1, 0.15) is 71.6 Å². The summed E-state index contributed by atoms with van der Waals surface area (Å²) in [6, 6.07) is 5.60. The minimum Gasteiger partial charge on any atom is -0.497 e. The van der Waals surface area contributed by atoms with Gasteiger partial charge in [-0.25, -0.2) is 4.39 Å². The first kappa shape index (κ1) is 22.5. The van der Waals surface area contributed by atoms with E-state index in [4.69, 9.17) is 4.74 Å². The highest BCUT2D eigenvalue weighted by atomic mass is 19.1. The second kappa shape index (κ2) is 8.03. The van der Waals surface area contributed by atoms with Gasteiger partial charge in [-0.2, -0.15) is 15.0 Å². The Morgan fingerprint density at radius 3 is 2.74 bits per heavy atom. The molecule has 4 fully saturated rings. The Bertz CT molecular complexity index is 1100. The molecule has 0 bridgehead atoms. The number of carbonyl (C=O) groups excluding carboxylic acids is 1. The zero-order chi connectivity index (χ0) is 23.7. The van der Waals surface area contributed by atoms with E-state index in [0.29, 0.717) is 17.8 Å². The summed E-state index contributed by atoms with van der Waals surface area (Å²) in [5, 5.41) is 9.07. The summed E-state index contributed by atoms with van der Waals surface area (Å²) in [7, 11) is 1.63. The van der Waals surface area contributed by atoms with Crippen LogP contribution in [0.5, 0.6) is 5.75 Å². The number of halogens is 1. The second-order valence-corrected chi connectivity index (χ2v) is 12.2. The molecule has 1 heterocycles. The van der Waals surface area contributed by atoms with Crippen LogP contribution < -0.4 is 4.74 Å². The zero-order valence-corrected chi connectivity index (χ0v) is 20.8. The van der Waals surface area contributed by atoms with E-state index in [1.54, 1.807) is 11.9 Å². The third kappa shape index (κ3) is 3.34. The van der Waals surface area contributed by atoms with Crippen molar-refractivity contribution in [3.05, 3.63) is 18.2 Å². The molecule has 0 saturated heterocycles. The van der Waals surface area contributed by atoms with Crippen molar-refractivity contribution in [3.63, 3.8) is 0 Å². The number of hydrogen-bond donors (Lipinski definition) is 0. The van der Waals surface area contributed by atoms with Crippen molar-refractivity contribution in [2.45, 2.75) is 83.8 Å². The zero-order valence-electron chi connectivity index (χ0n) is 20.8. The first-order valence-electron chi connectivity index (χ1n) is 13.4. The summed E-state index contributed by atoms with van der Waals surface area (Å²) in [5.74, 6) is 3.07. The first-order valence-corrected chi connectivity index (χ1v) is 13.4. The van der Waals surface area contributed by atoms with E-state index in [2.05, 4.69) is 24.0 Å². The fourth-order valence-corrected chi connectivity index (χ4v) is 8.91. The number of aromatic nitrogens is 3. The van der Waals surface area contributed by atoms with Gasteiger partial charge in [0.25, 0.3) is 0 Å². The van der Waals surface area contributed by atoms with Crippen LogP contribution in [0.2, 0.25) is 0 Å². The molecule has 0 spiro atoms. The summed E-state index contributed by atoms with van der Waals surface area (Å²) in [5.41, 5.74) is 0.546. The van der Waals surface area contributed by atoms with Crippen LogP contribution in [0, 0.1) is 40.9 Å². The number of fused-ring (bicyclic) bond motifs is 6. The number of Topliss-reactive ketones (excluding diaryl/α,β-unsaturated/α-hetero) is 1. The molecule has 0 aliphatic heterocycles. The summed E-state index contributed by atoms with van der Waals surface area (Å²) in [4.78, 5) is 15.1.